The second kappa shape index (κ2) is 6.40. The van der Waals surface area contributed by atoms with Gasteiger partial charge in [0.25, 0.3) is 0 Å². The Balaban J connectivity index is 2.87. The first kappa shape index (κ1) is 16.0. The van der Waals surface area contributed by atoms with E-state index in [2.05, 4.69) is 9.71 Å². The molecule has 0 unspecified atom stereocenters. The fourth-order valence-electron chi connectivity index (χ4n) is 1.65. The summed E-state index contributed by atoms with van der Waals surface area (Å²) in [6, 6.07) is 0.911. The second-order valence-corrected chi connectivity index (χ2v) is 6.30. The minimum atomic E-state index is -3.81. The first-order valence-corrected chi connectivity index (χ1v) is 7.58. The van der Waals surface area contributed by atoms with E-state index in [1.54, 1.807) is 0 Å². The Labute approximate surface area is 112 Å². The largest absolute Gasteiger partial charge is 0.396 e. The number of sulfonamides is 1. The summed E-state index contributed by atoms with van der Waals surface area (Å²) in [6.45, 7) is 3.77. The van der Waals surface area contributed by atoms with Crippen LogP contribution in [-0.4, -0.2) is 31.7 Å². The van der Waals surface area contributed by atoms with Gasteiger partial charge in [-0.15, -0.1) is 0 Å². The Morgan fingerprint density at radius 2 is 2.00 bits per heavy atom. The van der Waals surface area contributed by atoms with Crippen LogP contribution < -0.4 is 4.72 Å². The maximum Gasteiger partial charge on any atom is 0.242 e. The molecule has 0 atom stereocenters. The van der Waals surface area contributed by atoms with Crippen molar-refractivity contribution in [2.24, 2.45) is 5.41 Å². The van der Waals surface area contributed by atoms with E-state index in [1.165, 1.54) is 0 Å². The molecule has 0 bridgehead atoms. The third-order valence-corrected chi connectivity index (χ3v) is 4.83. The molecular weight excluding hydrogens is 271 g/mol. The van der Waals surface area contributed by atoms with Crippen LogP contribution in [0.25, 0.3) is 0 Å². The molecule has 1 rings (SSSR count). The van der Waals surface area contributed by atoms with Gasteiger partial charge in [-0.2, -0.15) is 0 Å². The summed E-state index contributed by atoms with van der Waals surface area (Å²) in [4.78, 5) is 3.30. The Hall–Kier alpha value is -1.05. The minimum absolute atomic E-state index is 0.106. The van der Waals surface area contributed by atoms with Crippen LogP contribution in [0.3, 0.4) is 0 Å². The average molecular weight is 290 g/mol. The third kappa shape index (κ3) is 3.95. The van der Waals surface area contributed by atoms with Crippen LogP contribution >= 0.6 is 0 Å². The second-order valence-electron chi connectivity index (χ2n) is 4.53. The number of rotatable bonds is 7. The number of hydrogen-bond acceptors (Lipinski definition) is 4. The zero-order chi connectivity index (χ0) is 14.5. The first-order valence-electron chi connectivity index (χ1n) is 6.10. The van der Waals surface area contributed by atoms with Gasteiger partial charge in [0.2, 0.25) is 10.0 Å². The van der Waals surface area contributed by atoms with Crippen molar-refractivity contribution in [2.45, 2.75) is 31.6 Å². The lowest BCUT2D eigenvalue weighted by atomic mass is 9.84. The fraction of sp³-hybridized carbons (Fsp3) is 0.583. The van der Waals surface area contributed by atoms with Crippen molar-refractivity contribution in [1.29, 1.82) is 0 Å². The predicted molar refractivity (Wildman–Crippen MR) is 69.5 cm³/mol. The van der Waals surface area contributed by atoms with Crippen molar-refractivity contribution in [3.63, 3.8) is 0 Å². The van der Waals surface area contributed by atoms with E-state index in [0.717, 1.165) is 18.5 Å². The van der Waals surface area contributed by atoms with Crippen molar-refractivity contribution >= 4 is 10.0 Å². The number of nitrogens with one attached hydrogen (secondary N) is 1. The zero-order valence-corrected chi connectivity index (χ0v) is 11.9. The monoisotopic (exact) mass is 290 g/mol. The summed E-state index contributed by atoms with van der Waals surface area (Å²) in [5, 5.41) is 9.38. The highest BCUT2D eigenvalue weighted by atomic mass is 32.2. The van der Waals surface area contributed by atoms with Crippen molar-refractivity contribution < 1.29 is 17.9 Å². The van der Waals surface area contributed by atoms with Crippen LogP contribution in [-0.2, 0) is 10.0 Å². The Kier molecular flexibility index (Phi) is 5.39. The van der Waals surface area contributed by atoms with Crippen LogP contribution in [0.15, 0.2) is 23.4 Å². The summed E-state index contributed by atoms with van der Waals surface area (Å²) < 4.78 is 39.3. The van der Waals surface area contributed by atoms with Crippen LogP contribution in [0.1, 0.15) is 26.7 Å². The molecule has 7 heteroatoms. The number of pyridine rings is 1. The Morgan fingerprint density at radius 3 is 2.47 bits per heavy atom. The van der Waals surface area contributed by atoms with Crippen LogP contribution in [0.5, 0.6) is 0 Å². The average Bonchev–Trinajstić information content (AvgIpc) is 2.41. The van der Waals surface area contributed by atoms with E-state index in [0.29, 0.717) is 12.8 Å². The molecule has 0 amide bonds. The maximum atomic E-state index is 13.0. The molecule has 19 heavy (non-hydrogen) atoms. The predicted octanol–water partition coefficient (Wildman–Crippen LogP) is 1.30. The lowest BCUT2D eigenvalue weighted by molar-refractivity contribution is 0.119. The molecule has 1 aromatic rings. The van der Waals surface area contributed by atoms with Gasteiger partial charge in [-0.1, -0.05) is 13.8 Å². The lowest BCUT2D eigenvalue weighted by Crippen LogP contribution is -2.39. The van der Waals surface area contributed by atoms with Gasteiger partial charge in [-0.25, -0.2) is 17.5 Å². The normalized spacial score (nSPS) is 12.6. The summed E-state index contributed by atoms with van der Waals surface area (Å²) >= 11 is 0. The van der Waals surface area contributed by atoms with E-state index in [9.17, 15) is 17.9 Å². The molecule has 1 heterocycles. The number of hydrogen-bond donors (Lipinski definition) is 2. The van der Waals surface area contributed by atoms with Gasteiger partial charge in [0.05, 0.1) is 6.20 Å². The van der Waals surface area contributed by atoms with E-state index in [4.69, 9.17) is 0 Å². The molecule has 1 aromatic heterocycles. The number of aromatic nitrogens is 1. The zero-order valence-electron chi connectivity index (χ0n) is 11.1. The van der Waals surface area contributed by atoms with Gasteiger partial charge < -0.3 is 5.11 Å². The molecule has 0 spiro atoms. The number of aliphatic hydroxyl groups excluding tert-OH is 1. The lowest BCUT2D eigenvalue weighted by Gasteiger charge is -2.29. The molecule has 0 aromatic carbocycles. The van der Waals surface area contributed by atoms with Crippen molar-refractivity contribution in [2.75, 3.05) is 13.2 Å². The summed E-state index contributed by atoms with van der Waals surface area (Å²) in [7, 11) is -3.81. The summed E-state index contributed by atoms with van der Waals surface area (Å²) in [6.07, 6.45) is 3.31. The summed E-state index contributed by atoms with van der Waals surface area (Å²) in [5.74, 6) is -0.706. The molecular formula is C12H19FN2O3S. The van der Waals surface area contributed by atoms with Crippen molar-refractivity contribution in [3.8, 4) is 0 Å². The molecule has 0 fully saturated rings. The molecule has 5 nitrogen and oxygen atoms in total. The Bertz CT molecular complexity index is 507. The highest BCUT2D eigenvalue weighted by molar-refractivity contribution is 7.89. The van der Waals surface area contributed by atoms with Crippen molar-refractivity contribution in [1.82, 2.24) is 9.71 Å². The maximum absolute atomic E-state index is 13.0. The van der Waals surface area contributed by atoms with Crippen molar-refractivity contribution in [3.05, 3.63) is 24.3 Å². The van der Waals surface area contributed by atoms with E-state index >= 15 is 0 Å². The van der Waals surface area contributed by atoms with Crippen LogP contribution in [0, 0.1) is 11.2 Å². The standard InChI is InChI=1S/C12H19FN2O3S/c1-3-12(4-2,9-16)8-15-19(17,18)11-5-10(13)6-14-7-11/h5-7,15-16H,3-4,8-9H2,1-2H3. The number of halogens is 1. The highest BCUT2D eigenvalue weighted by Gasteiger charge is 2.28. The molecule has 0 radical (unpaired) electrons. The summed E-state index contributed by atoms with van der Waals surface area (Å²) in [5.41, 5.74) is -0.492. The van der Waals surface area contributed by atoms with Gasteiger partial charge in [0.15, 0.2) is 0 Å². The first-order chi connectivity index (χ1) is 8.89. The van der Waals surface area contributed by atoms with Gasteiger partial charge >= 0.3 is 0 Å². The van der Waals surface area contributed by atoms with Crippen LogP contribution in [0.4, 0.5) is 4.39 Å². The number of nitrogens with zero attached hydrogens (tertiary/aromatic N) is 1. The molecule has 0 saturated heterocycles. The van der Waals surface area contributed by atoms with Crippen LogP contribution in [0.2, 0.25) is 0 Å². The van der Waals surface area contributed by atoms with Gasteiger partial charge in [-0.3, -0.25) is 4.98 Å². The molecule has 108 valence electrons. The topological polar surface area (TPSA) is 79.3 Å². The Morgan fingerprint density at radius 1 is 1.37 bits per heavy atom. The third-order valence-electron chi connectivity index (χ3n) is 3.46. The molecule has 0 aliphatic heterocycles. The van der Waals surface area contributed by atoms with E-state index < -0.39 is 21.3 Å². The minimum Gasteiger partial charge on any atom is -0.396 e. The smallest absolute Gasteiger partial charge is 0.242 e. The quantitative estimate of drug-likeness (QED) is 0.793. The molecule has 2 N–H and O–H groups in total. The molecule has 0 aliphatic rings. The molecule has 0 saturated carbocycles. The van der Waals surface area contributed by atoms with Gasteiger partial charge in [0.1, 0.15) is 10.7 Å². The van der Waals surface area contributed by atoms with Gasteiger partial charge in [0, 0.05) is 24.8 Å². The van der Waals surface area contributed by atoms with E-state index in [-0.39, 0.29) is 18.0 Å². The highest BCUT2D eigenvalue weighted by Crippen LogP contribution is 2.25. The van der Waals surface area contributed by atoms with E-state index in [1.807, 2.05) is 13.8 Å². The SMILES string of the molecule is CCC(CC)(CO)CNS(=O)(=O)c1cncc(F)c1. The number of aliphatic hydroxyl groups is 1. The fourth-order valence-corrected chi connectivity index (χ4v) is 2.78. The molecule has 0 aliphatic carbocycles. The van der Waals surface area contributed by atoms with Gasteiger partial charge in [-0.05, 0) is 18.9 Å².